The Morgan fingerprint density at radius 3 is 2.59 bits per heavy atom. The molecular weight excluding hydrogens is 210 g/mol. The monoisotopic (exact) mass is 235 g/mol. The van der Waals surface area contributed by atoms with Crippen LogP contribution >= 0.6 is 0 Å². The molecule has 0 amide bonds. The highest BCUT2D eigenvalue weighted by molar-refractivity contribution is 5.09. The fourth-order valence-corrected chi connectivity index (χ4v) is 2.03. The molecule has 0 aliphatic carbocycles. The summed E-state index contributed by atoms with van der Waals surface area (Å²) in [5, 5.41) is 3.45. The second kappa shape index (κ2) is 8.20. The molecule has 0 saturated heterocycles. The molecule has 1 aromatic heterocycles. The fourth-order valence-electron chi connectivity index (χ4n) is 2.03. The SMILES string of the molecule is CCCC(CNCC)N(C)Cc1ccncc1. The third-order valence-electron chi connectivity index (χ3n) is 3.06. The molecule has 0 spiro atoms. The summed E-state index contributed by atoms with van der Waals surface area (Å²) in [6, 6.07) is 4.80. The number of rotatable bonds is 8. The third kappa shape index (κ3) is 5.29. The Labute approximate surface area is 105 Å². The van der Waals surface area contributed by atoms with Gasteiger partial charge in [-0.3, -0.25) is 9.88 Å². The van der Waals surface area contributed by atoms with Crippen molar-refractivity contribution in [3.8, 4) is 0 Å². The minimum absolute atomic E-state index is 0.619. The van der Waals surface area contributed by atoms with Gasteiger partial charge in [0.15, 0.2) is 0 Å². The van der Waals surface area contributed by atoms with Crippen LogP contribution in [0.25, 0.3) is 0 Å². The average molecular weight is 235 g/mol. The highest BCUT2D eigenvalue weighted by atomic mass is 15.1. The summed E-state index contributed by atoms with van der Waals surface area (Å²) in [7, 11) is 2.21. The normalized spacial score (nSPS) is 12.9. The van der Waals surface area contributed by atoms with Crippen LogP contribution in [0.3, 0.4) is 0 Å². The Morgan fingerprint density at radius 2 is 2.00 bits per heavy atom. The maximum absolute atomic E-state index is 4.05. The molecule has 3 nitrogen and oxygen atoms in total. The lowest BCUT2D eigenvalue weighted by Gasteiger charge is -2.28. The first-order valence-corrected chi connectivity index (χ1v) is 6.57. The van der Waals surface area contributed by atoms with E-state index >= 15 is 0 Å². The van der Waals surface area contributed by atoms with Crippen molar-refractivity contribution in [1.82, 2.24) is 15.2 Å². The number of hydrogen-bond acceptors (Lipinski definition) is 3. The molecule has 96 valence electrons. The fraction of sp³-hybridized carbons (Fsp3) is 0.643. The molecule has 0 aromatic carbocycles. The van der Waals surface area contributed by atoms with Gasteiger partial charge in [-0.25, -0.2) is 0 Å². The van der Waals surface area contributed by atoms with E-state index in [4.69, 9.17) is 0 Å². The van der Waals surface area contributed by atoms with E-state index in [1.165, 1.54) is 18.4 Å². The predicted molar refractivity (Wildman–Crippen MR) is 72.9 cm³/mol. The molecule has 0 bridgehead atoms. The minimum atomic E-state index is 0.619. The molecule has 0 aliphatic heterocycles. The summed E-state index contributed by atoms with van der Waals surface area (Å²) in [6.07, 6.45) is 6.20. The van der Waals surface area contributed by atoms with Gasteiger partial charge in [0, 0.05) is 31.5 Å². The van der Waals surface area contributed by atoms with Gasteiger partial charge in [-0.2, -0.15) is 0 Å². The van der Waals surface area contributed by atoms with E-state index in [2.05, 4.69) is 48.2 Å². The number of nitrogens with one attached hydrogen (secondary N) is 1. The highest BCUT2D eigenvalue weighted by Crippen LogP contribution is 2.09. The number of hydrogen-bond donors (Lipinski definition) is 1. The molecule has 1 atom stereocenters. The van der Waals surface area contributed by atoms with Gasteiger partial charge in [-0.15, -0.1) is 0 Å². The van der Waals surface area contributed by atoms with Crippen LogP contribution in [0.4, 0.5) is 0 Å². The lowest BCUT2D eigenvalue weighted by Crippen LogP contribution is -2.39. The zero-order valence-electron chi connectivity index (χ0n) is 11.3. The standard InChI is InChI=1S/C14H25N3/c1-4-6-14(11-15-5-2)17(3)12-13-7-9-16-10-8-13/h7-10,14-15H,4-6,11-12H2,1-3H3. The second-order valence-corrected chi connectivity index (χ2v) is 4.52. The van der Waals surface area contributed by atoms with E-state index in [1.807, 2.05) is 12.4 Å². The lowest BCUT2D eigenvalue weighted by atomic mass is 10.1. The van der Waals surface area contributed by atoms with E-state index < -0.39 is 0 Å². The largest absolute Gasteiger partial charge is 0.315 e. The summed E-state index contributed by atoms with van der Waals surface area (Å²) < 4.78 is 0. The summed E-state index contributed by atoms with van der Waals surface area (Å²) in [4.78, 5) is 6.48. The molecule has 0 aliphatic rings. The van der Waals surface area contributed by atoms with Crippen LogP contribution < -0.4 is 5.32 Å². The Hall–Kier alpha value is -0.930. The molecule has 1 aromatic rings. The number of likely N-dealkylation sites (N-methyl/N-ethyl adjacent to an activating group) is 2. The Balaban J connectivity index is 2.49. The van der Waals surface area contributed by atoms with Crippen molar-refractivity contribution < 1.29 is 0 Å². The minimum Gasteiger partial charge on any atom is -0.315 e. The van der Waals surface area contributed by atoms with Gasteiger partial charge in [-0.05, 0) is 37.7 Å². The van der Waals surface area contributed by atoms with Gasteiger partial charge in [0.05, 0.1) is 0 Å². The number of pyridine rings is 1. The summed E-state index contributed by atoms with van der Waals surface area (Å²) in [5.74, 6) is 0. The Kier molecular flexibility index (Phi) is 6.82. The molecule has 1 N–H and O–H groups in total. The van der Waals surface area contributed by atoms with E-state index in [1.54, 1.807) is 0 Å². The predicted octanol–water partition coefficient (Wildman–Crippen LogP) is 2.29. The van der Waals surface area contributed by atoms with Gasteiger partial charge < -0.3 is 5.32 Å². The Morgan fingerprint density at radius 1 is 1.29 bits per heavy atom. The highest BCUT2D eigenvalue weighted by Gasteiger charge is 2.13. The van der Waals surface area contributed by atoms with Gasteiger partial charge in [0.25, 0.3) is 0 Å². The molecule has 0 saturated carbocycles. The van der Waals surface area contributed by atoms with Crippen LogP contribution in [0.5, 0.6) is 0 Å². The average Bonchev–Trinajstić information content (AvgIpc) is 2.35. The van der Waals surface area contributed by atoms with Gasteiger partial charge in [0.1, 0.15) is 0 Å². The molecule has 17 heavy (non-hydrogen) atoms. The quantitative estimate of drug-likeness (QED) is 0.749. The first-order chi connectivity index (χ1) is 8.27. The smallest absolute Gasteiger partial charge is 0.0271 e. The van der Waals surface area contributed by atoms with E-state index in [9.17, 15) is 0 Å². The molecule has 1 rings (SSSR count). The lowest BCUT2D eigenvalue weighted by molar-refractivity contribution is 0.215. The summed E-state index contributed by atoms with van der Waals surface area (Å²) in [5.41, 5.74) is 1.33. The maximum Gasteiger partial charge on any atom is 0.0271 e. The first kappa shape index (κ1) is 14.1. The molecular formula is C14H25N3. The van der Waals surface area contributed by atoms with Crippen LogP contribution in [0, 0.1) is 0 Å². The van der Waals surface area contributed by atoms with E-state index in [0.717, 1.165) is 19.6 Å². The zero-order valence-corrected chi connectivity index (χ0v) is 11.3. The van der Waals surface area contributed by atoms with Crippen LogP contribution in [0.2, 0.25) is 0 Å². The van der Waals surface area contributed by atoms with Gasteiger partial charge in [-0.1, -0.05) is 20.3 Å². The second-order valence-electron chi connectivity index (χ2n) is 4.52. The zero-order chi connectivity index (χ0) is 12.5. The van der Waals surface area contributed by atoms with Crippen LogP contribution in [0.15, 0.2) is 24.5 Å². The van der Waals surface area contributed by atoms with Crippen molar-refractivity contribution in [3.63, 3.8) is 0 Å². The van der Waals surface area contributed by atoms with Crippen molar-refractivity contribution in [1.29, 1.82) is 0 Å². The van der Waals surface area contributed by atoms with Gasteiger partial charge >= 0.3 is 0 Å². The van der Waals surface area contributed by atoms with Crippen molar-refractivity contribution in [2.24, 2.45) is 0 Å². The topological polar surface area (TPSA) is 28.2 Å². The maximum atomic E-state index is 4.05. The summed E-state index contributed by atoms with van der Waals surface area (Å²) >= 11 is 0. The molecule has 3 heteroatoms. The third-order valence-corrected chi connectivity index (χ3v) is 3.06. The number of nitrogens with zero attached hydrogens (tertiary/aromatic N) is 2. The van der Waals surface area contributed by atoms with Crippen LogP contribution in [-0.2, 0) is 6.54 Å². The Bertz CT molecular complexity index is 287. The molecule has 1 heterocycles. The molecule has 1 unspecified atom stereocenters. The van der Waals surface area contributed by atoms with Gasteiger partial charge in [0.2, 0.25) is 0 Å². The number of aromatic nitrogens is 1. The van der Waals surface area contributed by atoms with Crippen molar-refractivity contribution >= 4 is 0 Å². The van der Waals surface area contributed by atoms with E-state index in [-0.39, 0.29) is 0 Å². The summed E-state index contributed by atoms with van der Waals surface area (Å²) in [6.45, 7) is 7.53. The molecule has 0 fully saturated rings. The van der Waals surface area contributed by atoms with Crippen LogP contribution in [-0.4, -0.2) is 36.1 Å². The van der Waals surface area contributed by atoms with Crippen molar-refractivity contribution in [2.45, 2.75) is 39.3 Å². The first-order valence-electron chi connectivity index (χ1n) is 6.57. The molecule has 0 radical (unpaired) electrons. The van der Waals surface area contributed by atoms with Crippen molar-refractivity contribution in [2.75, 3.05) is 20.1 Å². The van der Waals surface area contributed by atoms with E-state index in [0.29, 0.717) is 6.04 Å². The van der Waals surface area contributed by atoms with Crippen LogP contribution in [0.1, 0.15) is 32.3 Å². The van der Waals surface area contributed by atoms with Crippen molar-refractivity contribution in [3.05, 3.63) is 30.1 Å².